The van der Waals surface area contributed by atoms with Gasteiger partial charge in [-0.05, 0) is 48.7 Å². The fourth-order valence-corrected chi connectivity index (χ4v) is 3.83. The number of aromatic carboxylic acids is 1. The monoisotopic (exact) mass is 444 g/mol. The molecule has 1 fully saturated rings. The van der Waals surface area contributed by atoms with Gasteiger partial charge in [0.1, 0.15) is 5.75 Å². The molecular formula is C26H24N2O5. The number of hydrogen-bond acceptors (Lipinski definition) is 4. The number of carbonyl (C=O) groups excluding carboxylic acids is 2. The maximum absolute atomic E-state index is 13.0. The lowest BCUT2D eigenvalue weighted by atomic mass is 9.89. The number of nitrogens with one attached hydrogen (secondary N) is 1. The van der Waals surface area contributed by atoms with Gasteiger partial charge in [-0.25, -0.2) is 14.5 Å². The number of amides is 3. The standard InChI is InChI=1S/C26H24N2O5/c1-17(19-10-6-3-7-11-19)27-26(32)28-23(29)22(16-18-8-4-2-5-9-18)24(28)33-21-14-12-20(13-15-21)25(30)31/h2-15,17,22,24H,16H2,1H3,(H,27,32)(H,30,31). The summed E-state index contributed by atoms with van der Waals surface area (Å²) in [4.78, 5) is 38.2. The van der Waals surface area contributed by atoms with E-state index in [2.05, 4.69) is 5.32 Å². The SMILES string of the molecule is CC(NC(=O)N1C(=O)C(Cc2ccccc2)C1Oc1ccc(C(=O)O)cc1)c1ccccc1. The van der Waals surface area contributed by atoms with Crippen LogP contribution in [0.3, 0.4) is 0 Å². The topological polar surface area (TPSA) is 95.9 Å². The van der Waals surface area contributed by atoms with Gasteiger partial charge in [-0.15, -0.1) is 0 Å². The Balaban J connectivity index is 1.53. The van der Waals surface area contributed by atoms with Crippen molar-refractivity contribution in [2.45, 2.75) is 25.6 Å². The lowest BCUT2D eigenvalue weighted by Gasteiger charge is -2.45. The first kappa shape index (κ1) is 22.1. The highest BCUT2D eigenvalue weighted by Crippen LogP contribution is 2.33. The molecule has 0 saturated carbocycles. The van der Waals surface area contributed by atoms with Crippen molar-refractivity contribution in [1.82, 2.24) is 10.2 Å². The van der Waals surface area contributed by atoms with Gasteiger partial charge >= 0.3 is 12.0 Å². The zero-order valence-corrected chi connectivity index (χ0v) is 18.0. The Kier molecular flexibility index (Phi) is 6.40. The van der Waals surface area contributed by atoms with Crippen LogP contribution in [-0.2, 0) is 11.2 Å². The van der Waals surface area contributed by atoms with Gasteiger partial charge < -0.3 is 15.2 Å². The minimum atomic E-state index is -1.04. The number of ether oxygens (including phenoxy) is 1. The number of rotatable bonds is 7. The third-order valence-electron chi connectivity index (χ3n) is 5.67. The van der Waals surface area contributed by atoms with Gasteiger partial charge in [-0.3, -0.25) is 4.79 Å². The predicted molar refractivity (Wildman–Crippen MR) is 122 cm³/mol. The van der Waals surface area contributed by atoms with Crippen LogP contribution in [0.4, 0.5) is 4.79 Å². The molecule has 1 aliphatic rings. The van der Waals surface area contributed by atoms with Crippen molar-refractivity contribution in [3.05, 3.63) is 102 Å². The summed E-state index contributed by atoms with van der Waals surface area (Å²) in [5, 5.41) is 12.0. The Morgan fingerprint density at radius 3 is 2.18 bits per heavy atom. The maximum atomic E-state index is 13.0. The molecule has 3 atom stereocenters. The van der Waals surface area contributed by atoms with E-state index in [-0.39, 0.29) is 17.5 Å². The number of benzene rings is 3. The van der Waals surface area contributed by atoms with Crippen LogP contribution in [0.5, 0.6) is 5.75 Å². The predicted octanol–water partition coefficient (Wildman–Crippen LogP) is 4.26. The summed E-state index contributed by atoms with van der Waals surface area (Å²) in [6, 6.07) is 24.1. The van der Waals surface area contributed by atoms with Crippen LogP contribution in [0.2, 0.25) is 0 Å². The molecule has 2 N–H and O–H groups in total. The van der Waals surface area contributed by atoms with Gasteiger partial charge in [0.15, 0.2) is 6.23 Å². The van der Waals surface area contributed by atoms with Crippen LogP contribution in [-0.4, -0.2) is 34.1 Å². The van der Waals surface area contributed by atoms with Gasteiger partial charge in [0.2, 0.25) is 5.91 Å². The number of hydrogen-bond donors (Lipinski definition) is 2. The molecule has 0 radical (unpaired) electrons. The lowest BCUT2D eigenvalue weighted by Crippen LogP contribution is -2.68. The van der Waals surface area contributed by atoms with Crippen molar-refractivity contribution in [3.8, 4) is 5.75 Å². The van der Waals surface area contributed by atoms with Crippen molar-refractivity contribution < 1.29 is 24.2 Å². The van der Waals surface area contributed by atoms with Crippen molar-refractivity contribution in [3.63, 3.8) is 0 Å². The normalized spacial score (nSPS) is 18.2. The van der Waals surface area contributed by atoms with E-state index >= 15 is 0 Å². The van der Waals surface area contributed by atoms with Gasteiger partial charge in [0.05, 0.1) is 17.5 Å². The Labute approximate surface area is 191 Å². The molecule has 1 heterocycles. The van der Waals surface area contributed by atoms with E-state index in [1.54, 1.807) is 0 Å². The zero-order chi connectivity index (χ0) is 23.4. The summed E-state index contributed by atoms with van der Waals surface area (Å²) >= 11 is 0. The highest BCUT2D eigenvalue weighted by atomic mass is 16.5. The van der Waals surface area contributed by atoms with Gasteiger partial charge in [0, 0.05) is 0 Å². The van der Waals surface area contributed by atoms with Gasteiger partial charge in [-0.2, -0.15) is 0 Å². The smallest absolute Gasteiger partial charge is 0.335 e. The van der Waals surface area contributed by atoms with Gasteiger partial charge in [0.25, 0.3) is 0 Å². The molecule has 33 heavy (non-hydrogen) atoms. The lowest BCUT2D eigenvalue weighted by molar-refractivity contribution is -0.166. The van der Waals surface area contributed by atoms with E-state index in [9.17, 15) is 14.4 Å². The first-order valence-corrected chi connectivity index (χ1v) is 10.7. The van der Waals surface area contributed by atoms with E-state index in [0.29, 0.717) is 12.2 Å². The molecule has 0 bridgehead atoms. The summed E-state index contributed by atoms with van der Waals surface area (Å²) in [5.74, 6) is -1.52. The fraction of sp³-hybridized carbons (Fsp3) is 0.192. The summed E-state index contributed by atoms with van der Waals surface area (Å²) in [5.41, 5.74) is 2.00. The molecule has 4 rings (SSSR count). The number of carbonyl (C=O) groups is 3. The molecule has 1 aliphatic heterocycles. The quantitative estimate of drug-likeness (QED) is 0.531. The first-order chi connectivity index (χ1) is 15.9. The Morgan fingerprint density at radius 2 is 1.58 bits per heavy atom. The molecule has 3 aromatic rings. The fourth-order valence-electron chi connectivity index (χ4n) is 3.83. The molecule has 3 amide bonds. The number of urea groups is 1. The van der Waals surface area contributed by atoms with E-state index < -0.39 is 24.1 Å². The minimum Gasteiger partial charge on any atom is -0.478 e. The summed E-state index contributed by atoms with van der Waals surface area (Å²) in [6.45, 7) is 1.85. The van der Waals surface area contributed by atoms with E-state index in [1.807, 2.05) is 67.6 Å². The third kappa shape index (κ3) is 4.87. The summed E-state index contributed by atoms with van der Waals surface area (Å²) < 4.78 is 6.01. The van der Waals surface area contributed by atoms with Gasteiger partial charge in [-0.1, -0.05) is 60.7 Å². The number of nitrogens with zero attached hydrogens (tertiary/aromatic N) is 1. The second kappa shape index (κ2) is 9.56. The molecule has 0 aliphatic carbocycles. The van der Waals surface area contributed by atoms with Crippen LogP contribution < -0.4 is 10.1 Å². The largest absolute Gasteiger partial charge is 0.478 e. The van der Waals surface area contributed by atoms with Crippen LogP contribution in [0, 0.1) is 5.92 Å². The molecule has 3 unspecified atom stereocenters. The second-order valence-corrected chi connectivity index (χ2v) is 7.92. The number of imide groups is 1. The van der Waals surface area contributed by atoms with Crippen LogP contribution in [0.1, 0.15) is 34.5 Å². The Bertz CT molecular complexity index is 1130. The summed E-state index contributed by atoms with van der Waals surface area (Å²) in [7, 11) is 0. The van der Waals surface area contributed by atoms with E-state index in [1.165, 1.54) is 24.3 Å². The third-order valence-corrected chi connectivity index (χ3v) is 5.67. The molecular weight excluding hydrogens is 420 g/mol. The van der Waals surface area contributed by atoms with Crippen molar-refractivity contribution in [2.75, 3.05) is 0 Å². The second-order valence-electron chi connectivity index (χ2n) is 7.92. The Morgan fingerprint density at radius 1 is 0.970 bits per heavy atom. The highest BCUT2D eigenvalue weighted by Gasteiger charge is 2.52. The highest BCUT2D eigenvalue weighted by molar-refractivity contribution is 6.01. The van der Waals surface area contributed by atoms with Crippen LogP contribution in [0.15, 0.2) is 84.9 Å². The number of carboxylic acid groups (broad SMARTS) is 1. The molecule has 7 nitrogen and oxygen atoms in total. The molecule has 168 valence electrons. The van der Waals surface area contributed by atoms with Crippen LogP contribution in [0.25, 0.3) is 0 Å². The van der Waals surface area contributed by atoms with Crippen molar-refractivity contribution in [1.29, 1.82) is 0 Å². The van der Waals surface area contributed by atoms with E-state index in [4.69, 9.17) is 9.84 Å². The number of carboxylic acids is 1. The molecule has 3 aromatic carbocycles. The molecule has 0 spiro atoms. The average molecular weight is 444 g/mol. The van der Waals surface area contributed by atoms with Crippen molar-refractivity contribution in [2.24, 2.45) is 5.92 Å². The number of likely N-dealkylation sites (tertiary alicyclic amines) is 1. The molecule has 7 heteroatoms. The Hall–Kier alpha value is -4.13. The van der Waals surface area contributed by atoms with Crippen LogP contribution >= 0.6 is 0 Å². The number of β-lactam (4-membered cyclic amide) rings is 1. The molecule has 1 saturated heterocycles. The first-order valence-electron chi connectivity index (χ1n) is 10.7. The maximum Gasteiger partial charge on any atom is 0.335 e. The van der Waals surface area contributed by atoms with E-state index in [0.717, 1.165) is 16.0 Å². The molecule has 0 aromatic heterocycles. The minimum absolute atomic E-state index is 0.124. The van der Waals surface area contributed by atoms with Crippen molar-refractivity contribution >= 4 is 17.9 Å². The zero-order valence-electron chi connectivity index (χ0n) is 18.0. The average Bonchev–Trinajstić information content (AvgIpc) is 2.83. The summed E-state index contributed by atoms with van der Waals surface area (Å²) in [6.07, 6.45) is -0.383.